The maximum atomic E-state index is 13.0. The molecule has 1 heterocycles. The zero-order valence-corrected chi connectivity index (χ0v) is 8.06. The fraction of sp³-hybridized carbons (Fsp3) is 0.400. The number of ether oxygens (including phenoxy) is 1. The fourth-order valence-electron chi connectivity index (χ4n) is 1.53. The highest BCUT2D eigenvalue weighted by Gasteiger charge is 2.22. The third-order valence-electron chi connectivity index (χ3n) is 2.39. The molecule has 0 spiro atoms. The van der Waals surface area contributed by atoms with Crippen molar-refractivity contribution in [3.63, 3.8) is 0 Å². The highest BCUT2D eigenvalue weighted by Crippen LogP contribution is 2.24. The number of anilines is 1. The summed E-state index contributed by atoms with van der Waals surface area (Å²) in [6.45, 7) is 0.813. The van der Waals surface area contributed by atoms with Crippen LogP contribution in [0.5, 0.6) is 5.75 Å². The molecule has 1 atom stereocenters. The van der Waals surface area contributed by atoms with Crippen LogP contribution in [0.25, 0.3) is 0 Å². The van der Waals surface area contributed by atoms with Crippen LogP contribution in [-0.2, 0) is 4.74 Å². The second-order valence-corrected chi connectivity index (χ2v) is 3.46. The Hall–Kier alpha value is -1.33. The van der Waals surface area contributed by atoms with Crippen LogP contribution in [0, 0.1) is 5.82 Å². The lowest BCUT2D eigenvalue weighted by atomic mass is 10.2. The molecule has 1 saturated heterocycles. The lowest BCUT2D eigenvalue weighted by Crippen LogP contribution is -2.23. The van der Waals surface area contributed by atoms with Crippen molar-refractivity contribution in [2.45, 2.75) is 6.10 Å². The van der Waals surface area contributed by atoms with Crippen LogP contribution in [-0.4, -0.2) is 36.2 Å². The predicted molar refractivity (Wildman–Crippen MR) is 52.2 cm³/mol. The molecule has 0 saturated carbocycles. The van der Waals surface area contributed by atoms with E-state index in [1.165, 1.54) is 12.1 Å². The molecule has 0 unspecified atom stereocenters. The van der Waals surface area contributed by atoms with Gasteiger partial charge in [0, 0.05) is 18.3 Å². The molecule has 1 aromatic carbocycles. The van der Waals surface area contributed by atoms with E-state index >= 15 is 0 Å². The summed E-state index contributed by atoms with van der Waals surface area (Å²) in [5, 5.41) is 17.9. The molecule has 0 bridgehead atoms. The van der Waals surface area contributed by atoms with Gasteiger partial charge in [-0.3, -0.25) is 0 Å². The summed E-state index contributed by atoms with van der Waals surface area (Å²) in [6, 6.07) is 4.16. The standard InChI is InChI=1S/C10H12FNO3/c11-9-3-7(1-2-10(9)14)12-4-8(5-13)15-6-12/h1-3,8,13-14H,4-6H2/t8-/m1/s1. The highest BCUT2D eigenvalue weighted by molar-refractivity contribution is 5.49. The number of halogens is 1. The number of rotatable bonds is 2. The summed E-state index contributed by atoms with van der Waals surface area (Å²) < 4.78 is 18.3. The summed E-state index contributed by atoms with van der Waals surface area (Å²) in [4.78, 5) is 1.80. The molecule has 15 heavy (non-hydrogen) atoms. The predicted octanol–water partition coefficient (Wildman–Crippen LogP) is 0.686. The zero-order valence-electron chi connectivity index (χ0n) is 8.06. The van der Waals surface area contributed by atoms with E-state index in [-0.39, 0.29) is 18.5 Å². The van der Waals surface area contributed by atoms with E-state index in [0.29, 0.717) is 19.0 Å². The molecular formula is C10H12FNO3. The number of hydrogen-bond acceptors (Lipinski definition) is 4. The molecule has 1 aromatic rings. The molecule has 0 radical (unpaired) electrons. The summed E-state index contributed by atoms with van der Waals surface area (Å²) >= 11 is 0. The lowest BCUT2D eigenvalue weighted by Gasteiger charge is -2.16. The van der Waals surface area contributed by atoms with Crippen LogP contribution >= 0.6 is 0 Å². The van der Waals surface area contributed by atoms with Gasteiger partial charge < -0.3 is 19.8 Å². The SMILES string of the molecule is OC[C@H]1CN(c2ccc(O)c(F)c2)CO1. The smallest absolute Gasteiger partial charge is 0.166 e. The molecule has 4 nitrogen and oxygen atoms in total. The Morgan fingerprint density at radius 1 is 1.53 bits per heavy atom. The third-order valence-corrected chi connectivity index (χ3v) is 2.39. The number of hydrogen-bond donors (Lipinski definition) is 2. The van der Waals surface area contributed by atoms with Crippen molar-refractivity contribution in [1.29, 1.82) is 0 Å². The van der Waals surface area contributed by atoms with Crippen LogP contribution in [0.3, 0.4) is 0 Å². The normalized spacial score (nSPS) is 20.9. The molecule has 2 rings (SSSR count). The van der Waals surface area contributed by atoms with Crippen molar-refractivity contribution in [2.24, 2.45) is 0 Å². The van der Waals surface area contributed by atoms with Crippen molar-refractivity contribution >= 4 is 5.69 Å². The first-order valence-corrected chi connectivity index (χ1v) is 4.66. The van der Waals surface area contributed by atoms with Gasteiger partial charge in [-0.2, -0.15) is 0 Å². The van der Waals surface area contributed by atoms with Crippen LogP contribution in [0.15, 0.2) is 18.2 Å². The van der Waals surface area contributed by atoms with Crippen molar-refractivity contribution in [2.75, 3.05) is 24.8 Å². The first-order chi connectivity index (χ1) is 7.20. The second-order valence-electron chi connectivity index (χ2n) is 3.46. The molecule has 0 amide bonds. The average molecular weight is 213 g/mol. The van der Waals surface area contributed by atoms with Gasteiger partial charge in [0.1, 0.15) is 12.8 Å². The van der Waals surface area contributed by atoms with E-state index in [0.717, 1.165) is 0 Å². The number of benzene rings is 1. The van der Waals surface area contributed by atoms with Crippen molar-refractivity contribution in [1.82, 2.24) is 0 Å². The van der Waals surface area contributed by atoms with E-state index in [1.807, 2.05) is 0 Å². The molecule has 82 valence electrons. The van der Waals surface area contributed by atoms with E-state index in [9.17, 15) is 4.39 Å². The maximum absolute atomic E-state index is 13.0. The monoisotopic (exact) mass is 213 g/mol. The van der Waals surface area contributed by atoms with Gasteiger partial charge in [0.05, 0.1) is 6.61 Å². The number of phenols is 1. The van der Waals surface area contributed by atoms with Crippen molar-refractivity contribution < 1.29 is 19.3 Å². The first kappa shape index (κ1) is 10.2. The molecule has 1 aliphatic heterocycles. The van der Waals surface area contributed by atoms with Gasteiger partial charge in [-0.05, 0) is 12.1 Å². The minimum absolute atomic E-state index is 0.0446. The summed E-state index contributed by atoms with van der Waals surface area (Å²) in [6.07, 6.45) is -0.220. The topological polar surface area (TPSA) is 52.9 Å². The Balaban J connectivity index is 2.13. The average Bonchev–Trinajstić information content (AvgIpc) is 2.70. The van der Waals surface area contributed by atoms with Gasteiger partial charge in [-0.25, -0.2) is 4.39 Å². The van der Waals surface area contributed by atoms with Gasteiger partial charge in [0.15, 0.2) is 11.6 Å². The molecular weight excluding hydrogens is 201 g/mol. The Kier molecular flexibility index (Phi) is 2.75. The van der Waals surface area contributed by atoms with Crippen molar-refractivity contribution in [3.05, 3.63) is 24.0 Å². The summed E-state index contributed by atoms with van der Waals surface area (Å²) in [5.41, 5.74) is 0.640. The summed E-state index contributed by atoms with van der Waals surface area (Å²) in [5.74, 6) is -1.02. The van der Waals surface area contributed by atoms with E-state index in [2.05, 4.69) is 0 Å². The van der Waals surface area contributed by atoms with Crippen LogP contribution in [0.4, 0.5) is 10.1 Å². The van der Waals surface area contributed by atoms with Crippen molar-refractivity contribution in [3.8, 4) is 5.75 Å². The number of aliphatic hydroxyl groups is 1. The zero-order chi connectivity index (χ0) is 10.8. The van der Waals surface area contributed by atoms with Crippen LogP contribution < -0.4 is 4.90 Å². The fourth-order valence-corrected chi connectivity index (χ4v) is 1.53. The van der Waals surface area contributed by atoms with Gasteiger partial charge in [0.2, 0.25) is 0 Å². The maximum Gasteiger partial charge on any atom is 0.166 e. The lowest BCUT2D eigenvalue weighted by molar-refractivity contribution is 0.0645. The number of nitrogens with zero attached hydrogens (tertiary/aromatic N) is 1. The number of aromatic hydroxyl groups is 1. The van der Waals surface area contributed by atoms with Crippen LogP contribution in [0.1, 0.15) is 0 Å². The molecule has 0 aromatic heterocycles. The quantitative estimate of drug-likeness (QED) is 0.758. The van der Waals surface area contributed by atoms with E-state index < -0.39 is 5.82 Å². The second kappa shape index (κ2) is 4.04. The Bertz CT molecular complexity index is 359. The summed E-state index contributed by atoms with van der Waals surface area (Å²) in [7, 11) is 0. The third kappa shape index (κ3) is 2.03. The van der Waals surface area contributed by atoms with Gasteiger partial charge in [-0.15, -0.1) is 0 Å². The van der Waals surface area contributed by atoms with Gasteiger partial charge in [0.25, 0.3) is 0 Å². The Morgan fingerprint density at radius 3 is 2.93 bits per heavy atom. The number of aliphatic hydroxyl groups excluding tert-OH is 1. The molecule has 1 fully saturated rings. The Morgan fingerprint density at radius 2 is 2.33 bits per heavy atom. The van der Waals surface area contributed by atoms with E-state index in [1.54, 1.807) is 11.0 Å². The molecule has 1 aliphatic rings. The first-order valence-electron chi connectivity index (χ1n) is 4.66. The van der Waals surface area contributed by atoms with E-state index in [4.69, 9.17) is 14.9 Å². The molecule has 2 N–H and O–H groups in total. The highest BCUT2D eigenvalue weighted by atomic mass is 19.1. The van der Waals surface area contributed by atoms with Crippen LogP contribution in [0.2, 0.25) is 0 Å². The van der Waals surface area contributed by atoms with Gasteiger partial charge in [-0.1, -0.05) is 0 Å². The molecule has 5 heteroatoms. The minimum atomic E-state index is -0.653. The largest absolute Gasteiger partial charge is 0.505 e. The molecule has 0 aliphatic carbocycles. The van der Waals surface area contributed by atoms with Gasteiger partial charge >= 0.3 is 0 Å². The number of phenolic OH excluding ortho intramolecular Hbond substituents is 1. The minimum Gasteiger partial charge on any atom is -0.505 e. The Labute approximate surface area is 86.5 Å².